The van der Waals surface area contributed by atoms with Gasteiger partial charge < -0.3 is 0 Å². The van der Waals surface area contributed by atoms with Gasteiger partial charge in [-0.05, 0) is 31.2 Å². The molecule has 0 aliphatic heterocycles. The average Bonchev–Trinajstić information content (AvgIpc) is 2.42. The Morgan fingerprint density at radius 1 is 1.45 bits per heavy atom. The van der Waals surface area contributed by atoms with Gasteiger partial charge in [-0.3, -0.25) is 14.9 Å². The minimum Gasteiger partial charge on any atom is -0.299 e. The van der Waals surface area contributed by atoms with Gasteiger partial charge in [-0.15, -0.1) is 0 Å². The molecule has 2 atom stereocenters. The Kier molecular flexibility index (Phi) is 4.91. The second-order valence-electron chi connectivity index (χ2n) is 5.45. The molecule has 1 fully saturated rings. The molecule has 1 aliphatic rings. The van der Waals surface area contributed by atoms with Crippen molar-refractivity contribution in [1.82, 2.24) is 0 Å². The van der Waals surface area contributed by atoms with E-state index in [1.165, 1.54) is 6.07 Å². The number of carbonyl (C=O) groups excluding carboxylic acids is 1. The Balaban J connectivity index is 2.20. The lowest BCUT2D eigenvalue weighted by molar-refractivity contribution is -0.385. The highest BCUT2D eigenvalue weighted by atomic mass is 79.9. The van der Waals surface area contributed by atoms with Crippen molar-refractivity contribution >= 4 is 27.4 Å². The average molecular weight is 340 g/mol. The van der Waals surface area contributed by atoms with E-state index in [0.717, 1.165) is 19.3 Å². The van der Waals surface area contributed by atoms with Gasteiger partial charge in [0.1, 0.15) is 5.78 Å². The molecule has 0 bridgehead atoms. The van der Waals surface area contributed by atoms with E-state index in [-0.39, 0.29) is 22.3 Å². The zero-order chi connectivity index (χ0) is 14.7. The summed E-state index contributed by atoms with van der Waals surface area (Å²) in [5, 5.41) is 11.1. The first-order chi connectivity index (χ1) is 9.51. The van der Waals surface area contributed by atoms with Gasteiger partial charge in [-0.1, -0.05) is 35.3 Å². The Morgan fingerprint density at radius 2 is 2.20 bits per heavy atom. The summed E-state index contributed by atoms with van der Waals surface area (Å²) in [6.45, 7) is 2.14. The van der Waals surface area contributed by atoms with Crippen LogP contribution in [0.1, 0.15) is 38.2 Å². The number of nitro benzene ring substituents is 1. The summed E-state index contributed by atoms with van der Waals surface area (Å²) in [6.07, 6.45) is 4.01. The lowest BCUT2D eigenvalue weighted by Crippen LogP contribution is -2.26. The first-order valence-corrected chi connectivity index (χ1v) is 7.76. The molecule has 2 rings (SSSR count). The van der Waals surface area contributed by atoms with Crippen molar-refractivity contribution in [3.05, 3.63) is 38.3 Å². The molecule has 20 heavy (non-hydrogen) atoms. The van der Waals surface area contributed by atoms with Gasteiger partial charge in [-0.25, -0.2) is 0 Å². The molecule has 0 N–H and O–H groups in total. The molecule has 4 nitrogen and oxygen atoms in total. The van der Waals surface area contributed by atoms with Crippen LogP contribution < -0.4 is 0 Å². The molecule has 108 valence electrons. The molecular weight excluding hydrogens is 322 g/mol. The number of Topliss-reactive ketones (excluding diaryl/α,β-unsaturated/α-hetero) is 1. The fraction of sp³-hybridized carbons (Fsp3) is 0.533. The fourth-order valence-corrected chi connectivity index (χ4v) is 3.26. The van der Waals surface area contributed by atoms with Crippen molar-refractivity contribution < 1.29 is 9.72 Å². The van der Waals surface area contributed by atoms with Crippen LogP contribution in [-0.4, -0.2) is 10.7 Å². The van der Waals surface area contributed by atoms with E-state index < -0.39 is 0 Å². The number of nitrogens with zero attached hydrogens (tertiary/aromatic N) is 1. The summed E-state index contributed by atoms with van der Waals surface area (Å²) in [5.41, 5.74) is 0.763. The summed E-state index contributed by atoms with van der Waals surface area (Å²) in [7, 11) is 0. The van der Waals surface area contributed by atoms with Gasteiger partial charge in [-0.2, -0.15) is 0 Å². The predicted molar refractivity (Wildman–Crippen MR) is 80.6 cm³/mol. The zero-order valence-electron chi connectivity index (χ0n) is 11.5. The SMILES string of the molecule is CCC1CCC(=O)C(Cc2ccc(Br)cc2[N+](=O)[O-])C1. The van der Waals surface area contributed by atoms with Crippen molar-refractivity contribution in [2.45, 2.75) is 39.0 Å². The van der Waals surface area contributed by atoms with Gasteiger partial charge in [0, 0.05) is 28.4 Å². The van der Waals surface area contributed by atoms with Crippen LogP contribution in [0.4, 0.5) is 5.69 Å². The minimum atomic E-state index is -0.370. The number of carbonyl (C=O) groups is 1. The van der Waals surface area contributed by atoms with E-state index in [4.69, 9.17) is 0 Å². The number of hydrogen-bond acceptors (Lipinski definition) is 3. The molecule has 1 aromatic rings. The number of rotatable bonds is 4. The van der Waals surface area contributed by atoms with E-state index >= 15 is 0 Å². The van der Waals surface area contributed by atoms with Gasteiger partial charge >= 0.3 is 0 Å². The standard InChI is InChI=1S/C15H18BrNO3/c1-2-10-3-6-15(18)12(7-10)8-11-4-5-13(16)9-14(11)17(19)20/h4-5,9-10,12H,2-3,6-8H2,1H3. The number of hydrogen-bond donors (Lipinski definition) is 0. The number of ketones is 1. The van der Waals surface area contributed by atoms with E-state index in [0.29, 0.717) is 28.8 Å². The second-order valence-corrected chi connectivity index (χ2v) is 6.36. The summed E-state index contributed by atoms with van der Waals surface area (Å²) < 4.78 is 0.689. The van der Waals surface area contributed by atoms with Crippen LogP contribution in [0.15, 0.2) is 22.7 Å². The maximum Gasteiger partial charge on any atom is 0.273 e. The van der Waals surface area contributed by atoms with Crippen LogP contribution >= 0.6 is 15.9 Å². The van der Waals surface area contributed by atoms with Crippen LogP contribution in [0.25, 0.3) is 0 Å². The lowest BCUT2D eigenvalue weighted by Gasteiger charge is -2.27. The first-order valence-electron chi connectivity index (χ1n) is 6.96. The molecule has 1 aliphatic carbocycles. The smallest absolute Gasteiger partial charge is 0.273 e. The molecule has 2 unspecified atom stereocenters. The molecule has 5 heteroatoms. The van der Waals surface area contributed by atoms with Crippen molar-refractivity contribution in [3.63, 3.8) is 0 Å². The van der Waals surface area contributed by atoms with Gasteiger partial charge in [0.2, 0.25) is 0 Å². The molecule has 0 saturated heterocycles. The molecule has 0 aromatic heterocycles. The van der Waals surface area contributed by atoms with Crippen molar-refractivity contribution in [1.29, 1.82) is 0 Å². The van der Waals surface area contributed by atoms with Crippen LogP contribution in [0.2, 0.25) is 0 Å². The lowest BCUT2D eigenvalue weighted by atomic mass is 9.76. The van der Waals surface area contributed by atoms with E-state index in [2.05, 4.69) is 22.9 Å². The van der Waals surface area contributed by atoms with Crippen molar-refractivity contribution in [2.75, 3.05) is 0 Å². The third kappa shape index (κ3) is 3.45. The largest absolute Gasteiger partial charge is 0.299 e. The third-order valence-electron chi connectivity index (χ3n) is 4.16. The molecule has 0 heterocycles. The van der Waals surface area contributed by atoms with E-state index in [9.17, 15) is 14.9 Å². The van der Waals surface area contributed by atoms with Crippen molar-refractivity contribution in [2.24, 2.45) is 11.8 Å². The van der Waals surface area contributed by atoms with Crippen molar-refractivity contribution in [3.8, 4) is 0 Å². The molecule has 0 amide bonds. The zero-order valence-corrected chi connectivity index (χ0v) is 13.1. The molecular formula is C15H18BrNO3. The van der Waals surface area contributed by atoms with Gasteiger partial charge in [0.15, 0.2) is 0 Å². The third-order valence-corrected chi connectivity index (χ3v) is 4.65. The van der Waals surface area contributed by atoms with Crippen LogP contribution in [-0.2, 0) is 11.2 Å². The Morgan fingerprint density at radius 3 is 2.85 bits per heavy atom. The highest BCUT2D eigenvalue weighted by Gasteiger charge is 2.29. The summed E-state index contributed by atoms with van der Waals surface area (Å²) in [4.78, 5) is 22.8. The maximum atomic E-state index is 12.0. The minimum absolute atomic E-state index is 0.0615. The molecule has 0 radical (unpaired) electrons. The summed E-state index contributed by atoms with van der Waals surface area (Å²) in [5.74, 6) is 0.771. The topological polar surface area (TPSA) is 60.2 Å². The molecule has 1 saturated carbocycles. The summed E-state index contributed by atoms with van der Waals surface area (Å²) in [6, 6.07) is 5.07. The molecule has 0 spiro atoms. The first kappa shape index (κ1) is 15.2. The highest BCUT2D eigenvalue weighted by Crippen LogP contribution is 2.33. The Labute approximate surface area is 126 Å². The quantitative estimate of drug-likeness (QED) is 0.607. The number of benzene rings is 1. The fourth-order valence-electron chi connectivity index (χ4n) is 2.92. The maximum absolute atomic E-state index is 12.0. The van der Waals surface area contributed by atoms with Crippen LogP contribution in [0, 0.1) is 22.0 Å². The van der Waals surface area contributed by atoms with E-state index in [1.54, 1.807) is 12.1 Å². The number of nitro groups is 1. The van der Waals surface area contributed by atoms with Gasteiger partial charge in [0.05, 0.1) is 4.92 Å². The second kappa shape index (κ2) is 6.48. The monoisotopic (exact) mass is 339 g/mol. The highest BCUT2D eigenvalue weighted by molar-refractivity contribution is 9.10. The number of halogens is 1. The van der Waals surface area contributed by atoms with Crippen LogP contribution in [0.3, 0.4) is 0 Å². The normalized spacial score (nSPS) is 22.8. The van der Waals surface area contributed by atoms with E-state index in [1.807, 2.05) is 0 Å². The molecule has 1 aromatic carbocycles. The van der Waals surface area contributed by atoms with Crippen LogP contribution in [0.5, 0.6) is 0 Å². The predicted octanol–water partition coefficient (Wildman–Crippen LogP) is 4.30. The Hall–Kier alpha value is -1.23. The summed E-state index contributed by atoms with van der Waals surface area (Å²) >= 11 is 3.25. The Bertz CT molecular complexity index is 530. The van der Waals surface area contributed by atoms with Gasteiger partial charge in [0.25, 0.3) is 5.69 Å².